The zero-order valence-electron chi connectivity index (χ0n) is 17.1. The molecule has 0 aliphatic heterocycles. The van der Waals surface area contributed by atoms with Gasteiger partial charge in [0.1, 0.15) is 0 Å². The number of carbonyl (C=O) groups is 2. The molecule has 0 saturated heterocycles. The number of rotatable bonds is 8. The Labute approximate surface area is 175 Å². The van der Waals surface area contributed by atoms with Crippen molar-refractivity contribution in [3.05, 3.63) is 60.3 Å². The van der Waals surface area contributed by atoms with Gasteiger partial charge in [0.05, 0.1) is 11.5 Å². The molecule has 2 aromatic carbocycles. The summed E-state index contributed by atoms with van der Waals surface area (Å²) >= 11 is 1.30. The van der Waals surface area contributed by atoms with E-state index in [9.17, 15) is 9.59 Å². The summed E-state index contributed by atoms with van der Waals surface area (Å²) in [4.78, 5) is 24.2. The van der Waals surface area contributed by atoms with Crippen LogP contribution in [-0.4, -0.2) is 27.9 Å². The molecule has 0 aliphatic rings. The Morgan fingerprint density at radius 3 is 2.21 bits per heavy atom. The largest absolute Gasteiger partial charge is 0.347 e. The second kappa shape index (κ2) is 9.65. The molecule has 152 valence electrons. The summed E-state index contributed by atoms with van der Waals surface area (Å²) in [5.74, 6) is 0.815. The molecule has 0 bridgehead atoms. The number of aryl methyl sites for hydroxylation is 1. The maximum Gasteiger partial charge on any atom is 0.234 e. The lowest BCUT2D eigenvalue weighted by atomic mass is 10.2. The number of nitrogens with one attached hydrogen (secondary N) is 2. The summed E-state index contributed by atoms with van der Waals surface area (Å²) in [6.45, 7) is 7.35. The van der Waals surface area contributed by atoms with Gasteiger partial charge >= 0.3 is 0 Å². The Kier molecular flexibility index (Phi) is 6.99. The van der Waals surface area contributed by atoms with E-state index in [0.717, 1.165) is 28.9 Å². The Morgan fingerprint density at radius 1 is 0.931 bits per heavy atom. The van der Waals surface area contributed by atoms with Crippen LogP contribution in [0.5, 0.6) is 0 Å². The molecule has 0 radical (unpaired) electrons. The Balaban J connectivity index is 1.46. The van der Waals surface area contributed by atoms with E-state index >= 15 is 0 Å². The van der Waals surface area contributed by atoms with Crippen LogP contribution in [0, 0.1) is 12.8 Å². The van der Waals surface area contributed by atoms with Crippen LogP contribution in [0.25, 0.3) is 10.9 Å². The number of hydrogen-bond donors (Lipinski definition) is 2. The third-order valence-electron chi connectivity index (χ3n) is 4.42. The quantitative estimate of drug-likeness (QED) is 0.555. The van der Waals surface area contributed by atoms with Crippen molar-refractivity contribution in [2.75, 3.05) is 22.1 Å². The first-order valence-corrected chi connectivity index (χ1v) is 10.9. The van der Waals surface area contributed by atoms with Gasteiger partial charge in [-0.05, 0) is 49.2 Å². The Bertz CT molecular complexity index is 993. The third kappa shape index (κ3) is 6.12. The summed E-state index contributed by atoms with van der Waals surface area (Å²) in [6.07, 6.45) is 2.08. The molecule has 29 heavy (non-hydrogen) atoms. The minimum absolute atomic E-state index is 0.112. The van der Waals surface area contributed by atoms with Crippen LogP contribution in [0.3, 0.4) is 0 Å². The van der Waals surface area contributed by atoms with Crippen LogP contribution in [0.4, 0.5) is 11.4 Å². The summed E-state index contributed by atoms with van der Waals surface area (Å²) in [6, 6.07) is 15.6. The molecule has 5 nitrogen and oxygen atoms in total. The van der Waals surface area contributed by atoms with Gasteiger partial charge in [-0.2, -0.15) is 0 Å². The zero-order chi connectivity index (χ0) is 20.8. The predicted octanol–water partition coefficient (Wildman–Crippen LogP) is 4.92. The highest BCUT2D eigenvalue weighted by molar-refractivity contribution is 8.00. The van der Waals surface area contributed by atoms with E-state index in [1.54, 1.807) is 0 Å². The lowest BCUT2D eigenvalue weighted by Gasteiger charge is -2.09. The van der Waals surface area contributed by atoms with Gasteiger partial charge in [0, 0.05) is 35.0 Å². The van der Waals surface area contributed by atoms with Gasteiger partial charge in [0.2, 0.25) is 11.8 Å². The topological polar surface area (TPSA) is 63.1 Å². The number of amides is 2. The normalized spacial score (nSPS) is 11.0. The molecule has 1 aromatic heterocycles. The second-order valence-corrected chi connectivity index (χ2v) is 8.58. The molecule has 3 aromatic rings. The first kappa shape index (κ1) is 21.0. The van der Waals surface area contributed by atoms with E-state index in [-0.39, 0.29) is 23.3 Å². The number of carbonyl (C=O) groups excluding carboxylic acids is 2. The number of thioether (sulfide) groups is 1. The number of benzene rings is 2. The lowest BCUT2D eigenvalue weighted by Crippen LogP contribution is -2.18. The molecular weight excluding hydrogens is 382 g/mol. The van der Waals surface area contributed by atoms with E-state index in [4.69, 9.17) is 0 Å². The van der Waals surface area contributed by atoms with Crippen molar-refractivity contribution in [1.29, 1.82) is 0 Å². The zero-order valence-corrected chi connectivity index (χ0v) is 17.9. The third-order valence-corrected chi connectivity index (χ3v) is 5.35. The summed E-state index contributed by atoms with van der Waals surface area (Å²) < 4.78 is 2.23. The monoisotopic (exact) mass is 409 g/mol. The van der Waals surface area contributed by atoms with Crippen molar-refractivity contribution < 1.29 is 9.59 Å². The van der Waals surface area contributed by atoms with Crippen molar-refractivity contribution in [2.24, 2.45) is 5.92 Å². The van der Waals surface area contributed by atoms with Crippen molar-refractivity contribution in [3.8, 4) is 0 Å². The van der Waals surface area contributed by atoms with Gasteiger partial charge in [0.25, 0.3) is 0 Å². The average molecular weight is 410 g/mol. The van der Waals surface area contributed by atoms with E-state index < -0.39 is 0 Å². The van der Waals surface area contributed by atoms with Gasteiger partial charge in [-0.3, -0.25) is 9.59 Å². The summed E-state index contributed by atoms with van der Waals surface area (Å²) in [7, 11) is 0. The first-order valence-electron chi connectivity index (χ1n) is 9.74. The van der Waals surface area contributed by atoms with Crippen LogP contribution in [0.15, 0.2) is 54.7 Å². The standard InChI is InChI=1S/C23H27N3O2S/c1-16(2)13-26-11-10-18-12-20(8-9-21(18)26)25-23(28)15-29-14-22(27)24-19-6-4-17(3)5-7-19/h4-12,16H,13-15H2,1-3H3,(H,24,27)(H,25,28). The van der Waals surface area contributed by atoms with E-state index in [1.807, 2.05) is 49.4 Å². The number of hydrogen-bond acceptors (Lipinski definition) is 3. The van der Waals surface area contributed by atoms with E-state index in [2.05, 4.69) is 41.3 Å². The fourth-order valence-electron chi connectivity index (χ4n) is 3.10. The Morgan fingerprint density at radius 2 is 1.55 bits per heavy atom. The summed E-state index contributed by atoms with van der Waals surface area (Å²) in [5, 5.41) is 6.85. The maximum atomic E-state index is 12.2. The van der Waals surface area contributed by atoms with Crippen LogP contribution in [0.1, 0.15) is 19.4 Å². The minimum Gasteiger partial charge on any atom is -0.347 e. The minimum atomic E-state index is -0.112. The van der Waals surface area contributed by atoms with Crippen LogP contribution in [0.2, 0.25) is 0 Å². The van der Waals surface area contributed by atoms with Gasteiger partial charge in [0.15, 0.2) is 0 Å². The van der Waals surface area contributed by atoms with Crippen molar-refractivity contribution in [3.63, 3.8) is 0 Å². The molecule has 6 heteroatoms. The molecule has 2 amide bonds. The highest BCUT2D eigenvalue weighted by Crippen LogP contribution is 2.22. The molecule has 0 atom stereocenters. The number of nitrogens with zero attached hydrogens (tertiary/aromatic N) is 1. The van der Waals surface area contributed by atoms with Crippen molar-refractivity contribution in [2.45, 2.75) is 27.3 Å². The number of aromatic nitrogens is 1. The van der Waals surface area contributed by atoms with Crippen LogP contribution in [-0.2, 0) is 16.1 Å². The first-order chi connectivity index (χ1) is 13.9. The van der Waals surface area contributed by atoms with Gasteiger partial charge in [-0.15, -0.1) is 11.8 Å². The molecular formula is C23H27N3O2S. The lowest BCUT2D eigenvalue weighted by molar-refractivity contribution is -0.114. The van der Waals surface area contributed by atoms with Crippen molar-refractivity contribution >= 4 is 45.9 Å². The molecule has 0 unspecified atom stereocenters. The SMILES string of the molecule is Cc1ccc(NC(=O)CSCC(=O)Nc2ccc3c(ccn3CC(C)C)c2)cc1. The van der Waals surface area contributed by atoms with Gasteiger partial charge < -0.3 is 15.2 Å². The highest BCUT2D eigenvalue weighted by atomic mass is 32.2. The predicted molar refractivity (Wildman–Crippen MR) is 123 cm³/mol. The smallest absolute Gasteiger partial charge is 0.234 e. The highest BCUT2D eigenvalue weighted by Gasteiger charge is 2.08. The fraction of sp³-hybridized carbons (Fsp3) is 0.304. The van der Waals surface area contributed by atoms with Crippen molar-refractivity contribution in [1.82, 2.24) is 4.57 Å². The molecule has 0 aliphatic carbocycles. The fourth-order valence-corrected chi connectivity index (χ4v) is 3.72. The molecule has 3 rings (SSSR count). The van der Waals surface area contributed by atoms with Crippen LogP contribution < -0.4 is 10.6 Å². The summed E-state index contributed by atoms with van der Waals surface area (Å²) in [5.41, 5.74) is 3.85. The number of fused-ring (bicyclic) bond motifs is 1. The molecule has 1 heterocycles. The molecule has 0 saturated carbocycles. The number of anilines is 2. The second-order valence-electron chi connectivity index (χ2n) is 7.59. The average Bonchev–Trinajstić information content (AvgIpc) is 3.05. The molecule has 2 N–H and O–H groups in total. The molecule has 0 fully saturated rings. The van der Waals surface area contributed by atoms with Gasteiger partial charge in [-0.1, -0.05) is 31.5 Å². The van der Waals surface area contributed by atoms with E-state index in [1.165, 1.54) is 17.3 Å². The van der Waals surface area contributed by atoms with Crippen LogP contribution >= 0.6 is 11.8 Å². The van der Waals surface area contributed by atoms with E-state index in [0.29, 0.717) is 5.92 Å². The molecule has 0 spiro atoms. The Hall–Kier alpha value is -2.73. The maximum absolute atomic E-state index is 12.2. The van der Waals surface area contributed by atoms with Gasteiger partial charge in [-0.25, -0.2) is 0 Å².